The first kappa shape index (κ1) is 15.9. The van der Waals surface area contributed by atoms with Gasteiger partial charge in [0.2, 0.25) is 10.0 Å². The lowest BCUT2D eigenvalue weighted by atomic mass is 10.3. The normalized spacial score (nSPS) is 11.5. The van der Waals surface area contributed by atoms with Crippen molar-refractivity contribution in [1.82, 2.24) is 15.0 Å². The predicted molar refractivity (Wildman–Crippen MR) is 80.8 cm³/mol. The smallest absolute Gasteiger partial charge is 0.238 e. The predicted octanol–water partition coefficient (Wildman–Crippen LogP) is 0.942. The Bertz CT molecular complexity index is 685. The van der Waals surface area contributed by atoms with Gasteiger partial charge >= 0.3 is 0 Å². The summed E-state index contributed by atoms with van der Waals surface area (Å²) in [5.74, 6) is 0.572. The van der Waals surface area contributed by atoms with Gasteiger partial charge in [-0.3, -0.25) is 0 Å². The zero-order valence-corrected chi connectivity index (χ0v) is 13.5. The molecular weight excluding hydrogens is 360 g/mol. The van der Waals surface area contributed by atoms with Crippen molar-refractivity contribution in [3.05, 3.63) is 36.2 Å². The number of sulfonamides is 1. The highest BCUT2D eigenvalue weighted by molar-refractivity contribution is 9.09. The maximum atomic E-state index is 11.1. The second kappa shape index (κ2) is 7.01. The first-order valence-electron chi connectivity index (χ1n) is 6.19. The fourth-order valence-corrected chi connectivity index (χ4v) is 2.56. The van der Waals surface area contributed by atoms with Crippen molar-refractivity contribution in [2.45, 2.75) is 17.9 Å². The number of hydrogen-bond donors (Lipinski definition) is 1. The summed E-state index contributed by atoms with van der Waals surface area (Å²) in [5, 5.41) is 13.9. The summed E-state index contributed by atoms with van der Waals surface area (Å²) in [6.07, 6.45) is 2.70. The molecule has 2 aromatic rings. The molecule has 0 unspecified atom stereocenters. The molecule has 0 aliphatic rings. The van der Waals surface area contributed by atoms with Crippen LogP contribution in [0.3, 0.4) is 0 Å². The molecule has 0 saturated heterocycles. The van der Waals surface area contributed by atoms with Crippen LogP contribution in [0.25, 0.3) is 0 Å². The monoisotopic (exact) mass is 374 g/mol. The summed E-state index contributed by atoms with van der Waals surface area (Å²) >= 11 is 3.34. The van der Waals surface area contributed by atoms with E-state index in [-0.39, 0.29) is 4.90 Å². The van der Waals surface area contributed by atoms with Crippen LogP contribution in [0.2, 0.25) is 0 Å². The van der Waals surface area contributed by atoms with Crippen LogP contribution in [0, 0.1) is 0 Å². The van der Waals surface area contributed by atoms with Crippen molar-refractivity contribution in [1.29, 1.82) is 0 Å². The van der Waals surface area contributed by atoms with Crippen molar-refractivity contribution in [2.24, 2.45) is 5.14 Å². The van der Waals surface area contributed by atoms with Gasteiger partial charge in [0.15, 0.2) is 0 Å². The van der Waals surface area contributed by atoms with Crippen LogP contribution in [-0.2, 0) is 23.0 Å². The van der Waals surface area contributed by atoms with Crippen LogP contribution >= 0.6 is 15.9 Å². The Labute approximate surface area is 131 Å². The first-order chi connectivity index (χ1) is 9.99. The zero-order valence-electron chi connectivity index (χ0n) is 11.1. The number of rotatable bonds is 7. The lowest BCUT2D eigenvalue weighted by Gasteiger charge is -2.06. The number of ether oxygens (including phenoxy) is 1. The Morgan fingerprint density at radius 3 is 2.62 bits per heavy atom. The van der Waals surface area contributed by atoms with Gasteiger partial charge in [-0.2, -0.15) is 0 Å². The number of nitrogens with zero attached hydrogens (tertiary/aromatic N) is 3. The Morgan fingerprint density at radius 2 is 2.00 bits per heavy atom. The minimum absolute atomic E-state index is 0.0607. The van der Waals surface area contributed by atoms with Crippen LogP contribution in [-0.4, -0.2) is 35.3 Å². The molecule has 0 atom stereocenters. The SMILES string of the molecule is NS(=O)(=O)c1ccc(OCCn2cc(CCBr)nn2)cc1. The molecule has 0 saturated carbocycles. The molecule has 0 aliphatic carbocycles. The molecule has 1 heterocycles. The number of aryl methyl sites for hydroxylation is 1. The van der Waals surface area contributed by atoms with E-state index in [0.717, 1.165) is 17.4 Å². The number of aromatic nitrogens is 3. The number of alkyl halides is 1. The summed E-state index contributed by atoms with van der Waals surface area (Å²) < 4.78 is 29.4. The van der Waals surface area contributed by atoms with Crippen LogP contribution in [0.5, 0.6) is 5.75 Å². The summed E-state index contributed by atoms with van der Waals surface area (Å²) in [6.45, 7) is 0.970. The molecule has 1 aromatic carbocycles. The molecule has 1 aromatic heterocycles. The number of hydrogen-bond acceptors (Lipinski definition) is 5. The highest BCUT2D eigenvalue weighted by Crippen LogP contribution is 2.14. The lowest BCUT2D eigenvalue weighted by molar-refractivity contribution is 0.289. The number of primary sulfonamides is 1. The molecule has 7 nitrogen and oxygen atoms in total. The van der Waals surface area contributed by atoms with Gasteiger partial charge in [0, 0.05) is 17.9 Å². The van der Waals surface area contributed by atoms with Crippen LogP contribution in [0.1, 0.15) is 5.69 Å². The van der Waals surface area contributed by atoms with Gasteiger partial charge in [-0.25, -0.2) is 18.2 Å². The summed E-state index contributed by atoms with van der Waals surface area (Å²) in [6, 6.07) is 5.96. The topological polar surface area (TPSA) is 100 Å². The lowest BCUT2D eigenvalue weighted by Crippen LogP contribution is -2.12. The van der Waals surface area contributed by atoms with Crippen molar-refractivity contribution >= 4 is 26.0 Å². The van der Waals surface area contributed by atoms with Crippen LogP contribution in [0.4, 0.5) is 0 Å². The average molecular weight is 375 g/mol. The summed E-state index contributed by atoms with van der Waals surface area (Å²) in [7, 11) is -3.67. The van der Waals surface area contributed by atoms with Gasteiger partial charge in [-0.15, -0.1) is 5.10 Å². The number of nitrogens with two attached hydrogens (primary N) is 1. The van der Waals surface area contributed by atoms with Crippen molar-refractivity contribution in [3.8, 4) is 5.75 Å². The van der Waals surface area contributed by atoms with E-state index in [4.69, 9.17) is 9.88 Å². The van der Waals surface area contributed by atoms with Gasteiger partial charge in [0.25, 0.3) is 0 Å². The third kappa shape index (κ3) is 4.80. The molecule has 0 amide bonds. The molecule has 114 valence electrons. The summed E-state index contributed by atoms with van der Waals surface area (Å²) in [5.41, 5.74) is 0.921. The highest BCUT2D eigenvalue weighted by atomic mass is 79.9. The van der Waals surface area contributed by atoms with Gasteiger partial charge in [-0.1, -0.05) is 21.1 Å². The number of benzene rings is 1. The molecule has 0 radical (unpaired) electrons. The van der Waals surface area contributed by atoms with E-state index in [1.54, 1.807) is 16.8 Å². The molecule has 21 heavy (non-hydrogen) atoms. The Balaban J connectivity index is 1.85. The molecule has 0 aliphatic heterocycles. The highest BCUT2D eigenvalue weighted by Gasteiger charge is 2.07. The van der Waals surface area contributed by atoms with Crippen LogP contribution in [0.15, 0.2) is 35.4 Å². The molecular formula is C12H15BrN4O3S. The van der Waals surface area contributed by atoms with E-state index >= 15 is 0 Å². The minimum Gasteiger partial charge on any atom is -0.492 e. The minimum atomic E-state index is -3.67. The van der Waals surface area contributed by atoms with E-state index in [0.29, 0.717) is 18.9 Å². The fourth-order valence-electron chi connectivity index (χ4n) is 1.64. The van der Waals surface area contributed by atoms with Gasteiger partial charge < -0.3 is 4.74 Å². The van der Waals surface area contributed by atoms with Crippen LogP contribution < -0.4 is 9.88 Å². The third-order valence-corrected chi connectivity index (χ3v) is 4.00. The van der Waals surface area contributed by atoms with Gasteiger partial charge in [0.1, 0.15) is 12.4 Å². The van der Waals surface area contributed by atoms with E-state index in [9.17, 15) is 8.42 Å². The van der Waals surface area contributed by atoms with Gasteiger partial charge in [-0.05, 0) is 24.3 Å². The Morgan fingerprint density at radius 1 is 1.29 bits per heavy atom. The van der Waals surface area contributed by atoms with E-state index in [1.165, 1.54) is 12.1 Å². The molecule has 9 heteroatoms. The fraction of sp³-hybridized carbons (Fsp3) is 0.333. The maximum Gasteiger partial charge on any atom is 0.238 e. The van der Waals surface area contributed by atoms with E-state index < -0.39 is 10.0 Å². The Kier molecular flexibility index (Phi) is 5.32. The Hall–Kier alpha value is -1.45. The van der Waals surface area contributed by atoms with E-state index in [1.807, 2.05) is 6.20 Å². The quantitative estimate of drug-likeness (QED) is 0.726. The average Bonchev–Trinajstić information content (AvgIpc) is 2.86. The molecule has 0 spiro atoms. The molecule has 2 N–H and O–H groups in total. The second-order valence-corrected chi connectivity index (χ2v) is 6.63. The first-order valence-corrected chi connectivity index (χ1v) is 8.86. The summed E-state index contributed by atoms with van der Waals surface area (Å²) in [4.78, 5) is 0.0607. The largest absolute Gasteiger partial charge is 0.492 e. The molecule has 0 bridgehead atoms. The second-order valence-electron chi connectivity index (χ2n) is 4.28. The number of halogens is 1. The van der Waals surface area contributed by atoms with Gasteiger partial charge in [0.05, 0.1) is 17.1 Å². The van der Waals surface area contributed by atoms with E-state index in [2.05, 4.69) is 26.2 Å². The van der Waals surface area contributed by atoms with Crippen molar-refractivity contribution < 1.29 is 13.2 Å². The van der Waals surface area contributed by atoms with Crippen molar-refractivity contribution in [2.75, 3.05) is 11.9 Å². The maximum absolute atomic E-state index is 11.1. The molecule has 0 fully saturated rings. The standard InChI is InChI=1S/C12H15BrN4O3S/c13-6-5-10-9-17(16-15-10)7-8-20-11-1-3-12(4-2-11)21(14,18)19/h1-4,9H,5-8H2,(H2,14,18,19). The zero-order chi connectivity index (χ0) is 15.3. The molecule has 2 rings (SSSR count). The van der Waals surface area contributed by atoms with Crippen molar-refractivity contribution in [3.63, 3.8) is 0 Å². The third-order valence-electron chi connectivity index (χ3n) is 2.68.